The summed E-state index contributed by atoms with van der Waals surface area (Å²) < 4.78 is 5.75. The van der Waals surface area contributed by atoms with E-state index < -0.39 is 0 Å². The van der Waals surface area contributed by atoms with Gasteiger partial charge in [-0.25, -0.2) is 0 Å². The third-order valence-electron chi connectivity index (χ3n) is 3.60. The SMILES string of the molecule is CCOc1ccccc1C1CN=C(N)N1c1ccccc1. The molecule has 0 bridgehead atoms. The van der Waals surface area contributed by atoms with Gasteiger partial charge in [0.15, 0.2) is 5.96 Å². The number of guanidine groups is 1. The van der Waals surface area contributed by atoms with Crippen LogP contribution >= 0.6 is 0 Å². The fraction of sp³-hybridized carbons (Fsp3) is 0.235. The van der Waals surface area contributed by atoms with Crippen LogP contribution in [0.1, 0.15) is 18.5 Å². The molecule has 0 radical (unpaired) electrons. The van der Waals surface area contributed by atoms with Crippen LogP contribution in [0.15, 0.2) is 59.6 Å². The summed E-state index contributed by atoms with van der Waals surface area (Å²) in [4.78, 5) is 6.49. The zero-order valence-corrected chi connectivity index (χ0v) is 12.1. The van der Waals surface area contributed by atoms with E-state index in [1.807, 2.05) is 55.5 Å². The van der Waals surface area contributed by atoms with E-state index in [4.69, 9.17) is 10.5 Å². The number of aliphatic imine (C=N–C) groups is 1. The molecule has 1 atom stereocenters. The van der Waals surface area contributed by atoms with Gasteiger partial charge in [-0.05, 0) is 25.1 Å². The van der Waals surface area contributed by atoms with E-state index in [1.54, 1.807) is 0 Å². The Morgan fingerprint density at radius 1 is 1.14 bits per heavy atom. The lowest BCUT2D eigenvalue weighted by Gasteiger charge is -2.27. The van der Waals surface area contributed by atoms with Crippen molar-refractivity contribution in [2.75, 3.05) is 18.1 Å². The number of nitrogens with two attached hydrogens (primary N) is 1. The molecular weight excluding hydrogens is 262 g/mol. The third kappa shape index (κ3) is 2.57. The van der Waals surface area contributed by atoms with Gasteiger partial charge in [0.05, 0.1) is 19.2 Å². The van der Waals surface area contributed by atoms with E-state index in [0.29, 0.717) is 19.1 Å². The Kier molecular flexibility index (Phi) is 3.77. The Hall–Kier alpha value is -2.49. The van der Waals surface area contributed by atoms with Gasteiger partial charge in [-0.15, -0.1) is 0 Å². The third-order valence-corrected chi connectivity index (χ3v) is 3.60. The average Bonchev–Trinajstić information content (AvgIpc) is 2.91. The zero-order chi connectivity index (χ0) is 14.7. The molecule has 1 aliphatic rings. The molecule has 1 unspecified atom stereocenters. The van der Waals surface area contributed by atoms with Crippen LogP contribution < -0.4 is 15.4 Å². The van der Waals surface area contributed by atoms with Gasteiger partial charge in [0.25, 0.3) is 0 Å². The van der Waals surface area contributed by atoms with Crippen molar-refractivity contribution in [3.05, 3.63) is 60.2 Å². The van der Waals surface area contributed by atoms with Gasteiger partial charge in [-0.3, -0.25) is 4.99 Å². The number of para-hydroxylation sites is 2. The number of benzene rings is 2. The van der Waals surface area contributed by atoms with Crippen LogP contribution in [0.2, 0.25) is 0 Å². The summed E-state index contributed by atoms with van der Waals surface area (Å²) in [5.41, 5.74) is 8.26. The molecule has 4 nitrogen and oxygen atoms in total. The molecular formula is C17H19N3O. The van der Waals surface area contributed by atoms with Crippen LogP contribution in [-0.2, 0) is 0 Å². The molecule has 2 N–H and O–H groups in total. The van der Waals surface area contributed by atoms with Gasteiger partial charge in [0.1, 0.15) is 5.75 Å². The predicted octanol–water partition coefficient (Wildman–Crippen LogP) is 2.96. The maximum atomic E-state index is 6.10. The Bertz CT molecular complexity index is 639. The molecule has 0 fully saturated rings. The van der Waals surface area contributed by atoms with E-state index in [-0.39, 0.29) is 6.04 Å². The minimum absolute atomic E-state index is 0.0788. The van der Waals surface area contributed by atoms with Crippen molar-refractivity contribution in [1.29, 1.82) is 0 Å². The second-order valence-corrected chi connectivity index (χ2v) is 4.89. The minimum atomic E-state index is 0.0788. The molecule has 2 aromatic rings. The normalized spacial score (nSPS) is 17.7. The van der Waals surface area contributed by atoms with Gasteiger partial charge in [-0.1, -0.05) is 36.4 Å². The fourth-order valence-corrected chi connectivity index (χ4v) is 2.68. The van der Waals surface area contributed by atoms with Gasteiger partial charge < -0.3 is 15.4 Å². The second-order valence-electron chi connectivity index (χ2n) is 4.89. The number of hydrogen-bond donors (Lipinski definition) is 1. The lowest BCUT2D eigenvalue weighted by atomic mass is 10.0. The zero-order valence-electron chi connectivity index (χ0n) is 12.1. The smallest absolute Gasteiger partial charge is 0.196 e. The van der Waals surface area contributed by atoms with Crippen LogP contribution in [0.5, 0.6) is 5.75 Å². The molecule has 3 rings (SSSR count). The topological polar surface area (TPSA) is 50.9 Å². The van der Waals surface area contributed by atoms with Crippen LogP contribution in [-0.4, -0.2) is 19.1 Å². The summed E-state index contributed by atoms with van der Waals surface area (Å²) in [7, 11) is 0. The van der Waals surface area contributed by atoms with Crippen LogP contribution in [0, 0.1) is 0 Å². The highest BCUT2D eigenvalue weighted by Crippen LogP contribution is 2.35. The maximum absolute atomic E-state index is 6.10. The molecule has 0 saturated carbocycles. The largest absolute Gasteiger partial charge is 0.494 e. The van der Waals surface area contributed by atoms with Crippen molar-refractivity contribution in [3.8, 4) is 5.75 Å². The molecule has 1 heterocycles. The summed E-state index contributed by atoms with van der Waals surface area (Å²) in [6.45, 7) is 3.28. The number of hydrogen-bond acceptors (Lipinski definition) is 4. The summed E-state index contributed by atoms with van der Waals surface area (Å²) in [5, 5.41) is 0. The molecule has 108 valence electrons. The summed E-state index contributed by atoms with van der Waals surface area (Å²) in [6.07, 6.45) is 0. The van der Waals surface area contributed by atoms with Gasteiger partial charge >= 0.3 is 0 Å². The highest BCUT2D eigenvalue weighted by atomic mass is 16.5. The quantitative estimate of drug-likeness (QED) is 0.937. The first-order valence-corrected chi connectivity index (χ1v) is 7.17. The molecule has 1 aliphatic heterocycles. The van der Waals surface area contributed by atoms with Crippen molar-refractivity contribution in [2.45, 2.75) is 13.0 Å². The Labute approximate surface area is 124 Å². The average molecular weight is 281 g/mol. The first kappa shape index (κ1) is 13.5. The van der Waals surface area contributed by atoms with Crippen molar-refractivity contribution < 1.29 is 4.74 Å². The Morgan fingerprint density at radius 2 is 1.86 bits per heavy atom. The molecule has 0 aliphatic carbocycles. The van der Waals surface area contributed by atoms with Crippen molar-refractivity contribution in [2.24, 2.45) is 10.7 Å². The first-order chi connectivity index (χ1) is 10.3. The Morgan fingerprint density at radius 3 is 2.62 bits per heavy atom. The monoisotopic (exact) mass is 281 g/mol. The molecule has 0 saturated heterocycles. The van der Waals surface area contributed by atoms with Crippen LogP contribution in [0.3, 0.4) is 0 Å². The Balaban J connectivity index is 1.99. The number of nitrogens with zero attached hydrogens (tertiary/aromatic N) is 2. The second kappa shape index (κ2) is 5.87. The molecule has 0 amide bonds. The molecule has 4 heteroatoms. The van der Waals surface area contributed by atoms with Crippen molar-refractivity contribution in [3.63, 3.8) is 0 Å². The standard InChI is InChI=1S/C17H19N3O/c1-2-21-16-11-7-6-10-14(16)15-12-19-17(18)20(15)13-8-4-3-5-9-13/h3-11,15H,2,12H2,1H3,(H2,18,19). The lowest BCUT2D eigenvalue weighted by Crippen LogP contribution is -2.36. The van der Waals surface area contributed by atoms with E-state index in [2.05, 4.69) is 16.0 Å². The number of rotatable bonds is 4. The van der Waals surface area contributed by atoms with E-state index in [1.165, 1.54) is 0 Å². The van der Waals surface area contributed by atoms with Gasteiger partial charge in [0, 0.05) is 11.3 Å². The molecule has 2 aromatic carbocycles. The minimum Gasteiger partial charge on any atom is -0.494 e. The number of anilines is 1. The lowest BCUT2D eigenvalue weighted by molar-refractivity contribution is 0.334. The van der Waals surface area contributed by atoms with E-state index >= 15 is 0 Å². The highest BCUT2D eigenvalue weighted by molar-refractivity contribution is 5.97. The van der Waals surface area contributed by atoms with Crippen molar-refractivity contribution >= 4 is 11.6 Å². The highest BCUT2D eigenvalue weighted by Gasteiger charge is 2.30. The molecule has 0 aromatic heterocycles. The van der Waals surface area contributed by atoms with Crippen LogP contribution in [0.4, 0.5) is 5.69 Å². The molecule has 21 heavy (non-hydrogen) atoms. The summed E-state index contributed by atoms with van der Waals surface area (Å²) in [5.74, 6) is 1.45. The van der Waals surface area contributed by atoms with Gasteiger partial charge in [0.2, 0.25) is 0 Å². The fourth-order valence-electron chi connectivity index (χ4n) is 2.68. The van der Waals surface area contributed by atoms with Gasteiger partial charge in [-0.2, -0.15) is 0 Å². The molecule has 0 spiro atoms. The van der Waals surface area contributed by atoms with Crippen molar-refractivity contribution in [1.82, 2.24) is 0 Å². The number of ether oxygens (including phenoxy) is 1. The van der Waals surface area contributed by atoms with E-state index in [0.717, 1.165) is 17.0 Å². The maximum Gasteiger partial charge on any atom is 0.196 e. The van der Waals surface area contributed by atoms with Crippen LogP contribution in [0.25, 0.3) is 0 Å². The first-order valence-electron chi connectivity index (χ1n) is 7.17. The summed E-state index contributed by atoms with van der Waals surface area (Å²) >= 11 is 0. The summed E-state index contributed by atoms with van der Waals surface area (Å²) in [6, 6.07) is 18.3. The predicted molar refractivity (Wildman–Crippen MR) is 85.8 cm³/mol. The van der Waals surface area contributed by atoms with E-state index in [9.17, 15) is 0 Å².